The van der Waals surface area contributed by atoms with E-state index in [1.165, 1.54) is 0 Å². The Morgan fingerprint density at radius 1 is 1.16 bits per heavy atom. The van der Waals surface area contributed by atoms with Crippen molar-refractivity contribution >= 4 is 11.6 Å². The molecule has 0 saturated carbocycles. The van der Waals surface area contributed by atoms with E-state index in [1.54, 1.807) is 36.7 Å². The predicted octanol–water partition coefficient (Wildman–Crippen LogP) is 3.83. The van der Waals surface area contributed by atoms with Crippen LogP contribution in [0.25, 0.3) is 0 Å². The molecular weight excluding hydrogens is 318 g/mol. The van der Waals surface area contributed by atoms with Crippen LogP contribution in [-0.2, 0) is 6.61 Å². The highest BCUT2D eigenvalue weighted by Crippen LogP contribution is 2.19. The fourth-order valence-corrected chi connectivity index (χ4v) is 2.36. The molecule has 0 fully saturated rings. The maximum Gasteiger partial charge on any atom is 0.255 e. The molecule has 1 N–H and O–H groups in total. The van der Waals surface area contributed by atoms with E-state index < -0.39 is 0 Å². The summed E-state index contributed by atoms with van der Waals surface area (Å²) in [6.07, 6.45) is 3.32. The summed E-state index contributed by atoms with van der Waals surface area (Å²) >= 11 is 0. The molecule has 25 heavy (non-hydrogen) atoms. The number of benzene rings is 1. The third-order valence-corrected chi connectivity index (χ3v) is 3.97. The van der Waals surface area contributed by atoms with Gasteiger partial charge in [-0.1, -0.05) is 5.16 Å². The van der Waals surface area contributed by atoms with Gasteiger partial charge in [0.1, 0.15) is 18.1 Å². The zero-order valence-corrected chi connectivity index (χ0v) is 14.4. The number of anilines is 1. The van der Waals surface area contributed by atoms with Crippen molar-refractivity contribution in [2.24, 2.45) is 0 Å². The highest BCUT2D eigenvalue weighted by atomic mass is 16.5. The Balaban J connectivity index is 1.64. The number of carbonyl (C=O) groups excluding carboxylic acids is 1. The first-order chi connectivity index (χ1) is 12.0. The number of rotatable bonds is 5. The molecule has 0 aliphatic rings. The van der Waals surface area contributed by atoms with Gasteiger partial charge in [0.25, 0.3) is 5.91 Å². The maximum atomic E-state index is 12.3. The monoisotopic (exact) mass is 337 g/mol. The Kier molecular flexibility index (Phi) is 4.79. The third kappa shape index (κ3) is 3.85. The van der Waals surface area contributed by atoms with Gasteiger partial charge in [0, 0.05) is 11.8 Å². The Morgan fingerprint density at radius 3 is 2.56 bits per heavy atom. The second-order valence-electron chi connectivity index (χ2n) is 5.76. The second kappa shape index (κ2) is 7.17. The fourth-order valence-electron chi connectivity index (χ4n) is 2.36. The zero-order valence-electron chi connectivity index (χ0n) is 14.4. The van der Waals surface area contributed by atoms with Crippen molar-refractivity contribution in [1.29, 1.82) is 0 Å². The minimum absolute atomic E-state index is 0.187. The van der Waals surface area contributed by atoms with Gasteiger partial charge in [-0.3, -0.25) is 9.78 Å². The molecule has 6 nitrogen and oxygen atoms in total. The van der Waals surface area contributed by atoms with E-state index in [4.69, 9.17) is 9.26 Å². The molecule has 0 unspecified atom stereocenters. The maximum absolute atomic E-state index is 12.3. The Morgan fingerprint density at radius 2 is 1.92 bits per heavy atom. The first-order valence-corrected chi connectivity index (χ1v) is 7.91. The molecule has 3 rings (SSSR count). The summed E-state index contributed by atoms with van der Waals surface area (Å²) in [6, 6.07) is 8.83. The SMILES string of the molecule is Cc1ccncc1NC(=O)c1ccc(OCc2c(C)noc2C)cc1. The van der Waals surface area contributed by atoms with Gasteiger partial charge in [-0.15, -0.1) is 0 Å². The lowest BCUT2D eigenvalue weighted by Crippen LogP contribution is -2.12. The number of ether oxygens (including phenoxy) is 1. The highest BCUT2D eigenvalue weighted by Gasteiger charge is 2.11. The summed E-state index contributed by atoms with van der Waals surface area (Å²) in [6.45, 7) is 6.03. The van der Waals surface area contributed by atoms with E-state index in [9.17, 15) is 4.79 Å². The number of nitrogens with one attached hydrogen (secondary N) is 1. The summed E-state index contributed by atoms with van der Waals surface area (Å²) < 4.78 is 10.9. The van der Waals surface area contributed by atoms with Crippen LogP contribution in [0.1, 0.15) is 32.9 Å². The minimum atomic E-state index is -0.187. The molecule has 2 heterocycles. The molecule has 0 saturated heterocycles. The van der Waals surface area contributed by atoms with Crippen molar-refractivity contribution < 1.29 is 14.1 Å². The zero-order chi connectivity index (χ0) is 17.8. The Bertz CT molecular complexity index is 866. The van der Waals surface area contributed by atoms with E-state index in [0.717, 1.165) is 22.6 Å². The average Bonchev–Trinajstić information content (AvgIpc) is 2.93. The second-order valence-corrected chi connectivity index (χ2v) is 5.76. The summed E-state index contributed by atoms with van der Waals surface area (Å²) in [5.41, 5.74) is 3.97. The quantitative estimate of drug-likeness (QED) is 0.766. The molecule has 1 aromatic carbocycles. The molecular formula is C19H19N3O3. The van der Waals surface area contributed by atoms with Crippen LogP contribution in [0.3, 0.4) is 0 Å². The van der Waals surface area contributed by atoms with Crippen molar-refractivity contribution in [3.05, 3.63) is 70.9 Å². The number of hydrogen-bond acceptors (Lipinski definition) is 5. The number of nitrogens with zero attached hydrogens (tertiary/aromatic N) is 2. The first kappa shape index (κ1) is 16.7. The van der Waals surface area contributed by atoms with Crippen molar-refractivity contribution in [2.45, 2.75) is 27.4 Å². The van der Waals surface area contributed by atoms with Crippen molar-refractivity contribution in [3.8, 4) is 5.75 Å². The number of amides is 1. The van der Waals surface area contributed by atoms with Gasteiger partial charge in [0.2, 0.25) is 0 Å². The third-order valence-electron chi connectivity index (χ3n) is 3.97. The van der Waals surface area contributed by atoms with Gasteiger partial charge in [-0.2, -0.15) is 0 Å². The molecule has 2 aromatic heterocycles. The van der Waals surface area contributed by atoms with E-state index >= 15 is 0 Å². The van der Waals surface area contributed by atoms with Crippen LogP contribution in [0, 0.1) is 20.8 Å². The molecule has 3 aromatic rings. The summed E-state index contributed by atoms with van der Waals surface area (Å²) in [4.78, 5) is 16.3. The molecule has 0 aliphatic carbocycles. The molecule has 0 radical (unpaired) electrons. The average molecular weight is 337 g/mol. The van der Waals surface area contributed by atoms with E-state index in [0.29, 0.717) is 23.6 Å². The molecule has 0 bridgehead atoms. The van der Waals surface area contributed by atoms with Crippen molar-refractivity contribution in [3.63, 3.8) is 0 Å². The topological polar surface area (TPSA) is 77.2 Å². The summed E-state index contributed by atoms with van der Waals surface area (Å²) in [7, 11) is 0. The summed E-state index contributed by atoms with van der Waals surface area (Å²) in [5, 5.41) is 6.75. The van der Waals surface area contributed by atoms with Crippen molar-refractivity contribution in [1.82, 2.24) is 10.1 Å². The lowest BCUT2D eigenvalue weighted by atomic mass is 10.2. The molecule has 0 aliphatic heterocycles. The first-order valence-electron chi connectivity index (χ1n) is 7.91. The number of pyridine rings is 1. The van der Waals surface area contributed by atoms with Crippen LogP contribution in [-0.4, -0.2) is 16.0 Å². The van der Waals surface area contributed by atoms with Crippen LogP contribution < -0.4 is 10.1 Å². The standard InChI is InChI=1S/C19H19N3O3/c1-12-8-9-20-10-18(12)21-19(23)15-4-6-16(7-5-15)24-11-17-13(2)22-25-14(17)3/h4-10H,11H2,1-3H3,(H,21,23). The molecule has 6 heteroatoms. The Labute approximate surface area is 145 Å². The van der Waals surface area contributed by atoms with E-state index in [1.807, 2.05) is 26.8 Å². The van der Waals surface area contributed by atoms with E-state index in [2.05, 4.69) is 15.5 Å². The van der Waals surface area contributed by atoms with Gasteiger partial charge in [0.05, 0.1) is 23.1 Å². The van der Waals surface area contributed by atoms with Gasteiger partial charge in [-0.25, -0.2) is 0 Å². The van der Waals surface area contributed by atoms with Crippen LogP contribution >= 0.6 is 0 Å². The lowest BCUT2D eigenvalue weighted by molar-refractivity contribution is 0.102. The molecule has 1 amide bonds. The normalized spacial score (nSPS) is 10.5. The highest BCUT2D eigenvalue weighted by molar-refractivity contribution is 6.04. The predicted molar refractivity (Wildman–Crippen MR) is 93.7 cm³/mol. The van der Waals surface area contributed by atoms with Crippen LogP contribution in [0.2, 0.25) is 0 Å². The largest absolute Gasteiger partial charge is 0.489 e. The molecule has 0 atom stereocenters. The van der Waals surface area contributed by atoms with Gasteiger partial charge in [-0.05, 0) is 56.7 Å². The van der Waals surface area contributed by atoms with Gasteiger partial charge >= 0.3 is 0 Å². The lowest BCUT2D eigenvalue weighted by Gasteiger charge is -2.09. The van der Waals surface area contributed by atoms with E-state index in [-0.39, 0.29) is 5.91 Å². The van der Waals surface area contributed by atoms with Crippen molar-refractivity contribution in [2.75, 3.05) is 5.32 Å². The van der Waals surface area contributed by atoms with Crippen LogP contribution in [0.15, 0.2) is 47.2 Å². The van der Waals surface area contributed by atoms with Crippen LogP contribution in [0.5, 0.6) is 5.75 Å². The molecule has 0 spiro atoms. The number of aromatic nitrogens is 2. The van der Waals surface area contributed by atoms with Gasteiger partial charge < -0.3 is 14.6 Å². The summed E-state index contributed by atoms with van der Waals surface area (Å²) in [5.74, 6) is 1.24. The fraction of sp³-hybridized carbons (Fsp3) is 0.211. The smallest absolute Gasteiger partial charge is 0.255 e. The number of aryl methyl sites for hydroxylation is 3. The molecule has 128 valence electrons. The number of carbonyl (C=O) groups is 1. The Hall–Kier alpha value is -3.15. The van der Waals surface area contributed by atoms with Gasteiger partial charge in [0.15, 0.2) is 0 Å². The van der Waals surface area contributed by atoms with Crippen LogP contribution in [0.4, 0.5) is 5.69 Å². The number of hydrogen-bond donors (Lipinski definition) is 1. The minimum Gasteiger partial charge on any atom is -0.489 e.